The van der Waals surface area contributed by atoms with Crippen LogP contribution in [0.25, 0.3) is 0 Å². The molecular formula is C17H24N4O5S. The lowest BCUT2D eigenvalue weighted by Gasteiger charge is -2.26. The van der Waals surface area contributed by atoms with Gasteiger partial charge in [0, 0.05) is 25.4 Å². The first-order chi connectivity index (χ1) is 13.0. The molecule has 1 saturated heterocycles. The van der Waals surface area contributed by atoms with E-state index in [4.69, 9.17) is 4.74 Å². The monoisotopic (exact) mass is 396 g/mol. The maximum Gasteiger partial charge on any atom is 0.295 e. The number of hydrogen-bond donors (Lipinski definition) is 1. The molecule has 0 radical (unpaired) electrons. The van der Waals surface area contributed by atoms with Gasteiger partial charge in [-0.25, -0.2) is 8.42 Å². The number of sulfonamides is 1. The van der Waals surface area contributed by atoms with E-state index in [1.807, 2.05) is 0 Å². The van der Waals surface area contributed by atoms with Crippen LogP contribution in [0.4, 0.5) is 11.4 Å². The molecule has 1 heterocycles. The van der Waals surface area contributed by atoms with E-state index in [0.29, 0.717) is 19.1 Å². The van der Waals surface area contributed by atoms with Gasteiger partial charge in [-0.15, -0.1) is 0 Å². The molecule has 27 heavy (non-hydrogen) atoms. The van der Waals surface area contributed by atoms with Crippen LogP contribution >= 0.6 is 0 Å². The summed E-state index contributed by atoms with van der Waals surface area (Å²) in [6, 6.07) is 3.85. The molecule has 0 amide bonds. The van der Waals surface area contributed by atoms with Gasteiger partial charge in [-0.1, -0.05) is 19.3 Å². The van der Waals surface area contributed by atoms with Crippen LogP contribution in [-0.4, -0.2) is 50.2 Å². The second kappa shape index (κ2) is 8.77. The second-order valence-corrected chi connectivity index (χ2v) is 8.68. The topological polar surface area (TPSA) is 114 Å². The zero-order valence-electron chi connectivity index (χ0n) is 15.0. The summed E-state index contributed by atoms with van der Waals surface area (Å²) in [5, 5.41) is 15.6. The zero-order chi connectivity index (χ0) is 19.3. The average molecular weight is 396 g/mol. The predicted octanol–water partition coefficient (Wildman–Crippen LogP) is 2.59. The van der Waals surface area contributed by atoms with Gasteiger partial charge in [0.2, 0.25) is 10.0 Å². The molecule has 2 fully saturated rings. The number of benzene rings is 1. The van der Waals surface area contributed by atoms with E-state index in [-0.39, 0.29) is 29.4 Å². The van der Waals surface area contributed by atoms with Crippen molar-refractivity contribution in [3.63, 3.8) is 0 Å². The molecule has 1 aromatic carbocycles. The van der Waals surface area contributed by atoms with Gasteiger partial charge in [-0.05, 0) is 30.9 Å². The molecule has 3 rings (SSSR count). The fraction of sp³-hybridized carbons (Fsp3) is 0.588. The largest absolute Gasteiger partial charge is 0.379 e. The number of nitro groups is 1. The van der Waals surface area contributed by atoms with Crippen LogP contribution in [0.2, 0.25) is 0 Å². The van der Waals surface area contributed by atoms with Crippen LogP contribution in [0.1, 0.15) is 32.1 Å². The second-order valence-electron chi connectivity index (χ2n) is 6.74. The summed E-state index contributed by atoms with van der Waals surface area (Å²) >= 11 is 0. The summed E-state index contributed by atoms with van der Waals surface area (Å²) in [7, 11) is -3.79. The minimum absolute atomic E-state index is 0.0992. The standard InChI is InChI=1S/C17H24N4O5S/c22-21(23)17-12-15(27(24,25)20-8-10-26-11-9-20)6-7-16(17)19-18-13-14-4-2-1-3-5-14/h6-7,12-14,19H,1-5,8-11H2/b18-13-. The van der Waals surface area contributed by atoms with Gasteiger partial charge in [-0.2, -0.15) is 9.41 Å². The van der Waals surface area contributed by atoms with Crippen LogP contribution in [0, 0.1) is 16.0 Å². The highest BCUT2D eigenvalue weighted by atomic mass is 32.2. The van der Waals surface area contributed by atoms with E-state index in [2.05, 4.69) is 10.5 Å². The van der Waals surface area contributed by atoms with Crippen molar-refractivity contribution in [3.8, 4) is 0 Å². The molecule has 1 N–H and O–H groups in total. The van der Waals surface area contributed by atoms with Gasteiger partial charge < -0.3 is 4.74 Å². The van der Waals surface area contributed by atoms with Crippen LogP contribution < -0.4 is 5.43 Å². The molecule has 0 unspecified atom stereocenters. The smallest absolute Gasteiger partial charge is 0.295 e. The Balaban J connectivity index is 1.78. The van der Waals surface area contributed by atoms with Gasteiger partial charge in [-0.3, -0.25) is 15.5 Å². The number of anilines is 1. The molecule has 148 valence electrons. The minimum atomic E-state index is -3.79. The summed E-state index contributed by atoms with van der Waals surface area (Å²) in [4.78, 5) is 10.7. The van der Waals surface area contributed by atoms with Crippen molar-refractivity contribution in [1.29, 1.82) is 0 Å². The number of rotatable bonds is 6. The predicted molar refractivity (Wildman–Crippen MR) is 101 cm³/mol. The number of hydrogen-bond acceptors (Lipinski definition) is 7. The van der Waals surface area contributed by atoms with Crippen molar-refractivity contribution < 1.29 is 18.1 Å². The highest BCUT2D eigenvalue weighted by Crippen LogP contribution is 2.29. The molecule has 0 atom stereocenters. The van der Waals surface area contributed by atoms with Crippen LogP contribution in [0.15, 0.2) is 28.2 Å². The molecule has 0 spiro atoms. The number of hydrazone groups is 1. The summed E-state index contributed by atoms with van der Waals surface area (Å²) in [5.74, 6) is 0.381. The molecule has 10 heteroatoms. The summed E-state index contributed by atoms with van der Waals surface area (Å²) in [6.07, 6.45) is 7.52. The number of nitro benzene ring substituents is 1. The lowest BCUT2D eigenvalue weighted by Crippen LogP contribution is -2.40. The van der Waals surface area contributed by atoms with Crippen molar-refractivity contribution >= 4 is 27.6 Å². The normalized spacial score (nSPS) is 20.0. The average Bonchev–Trinajstić information content (AvgIpc) is 2.69. The van der Waals surface area contributed by atoms with Crippen molar-refractivity contribution in [3.05, 3.63) is 28.3 Å². The summed E-state index contributed by atoms with van der Waals surface area (Å²) < 4.78 is 31.8. The van der Waals surface area contributed by atoms with Crippen molar-refractivity contribution in [2.24, 2.45) is 11.0 Å². The maximum atomic E-state index is 12.7. The molecule has 2 aliphatic rings. The molecular weight excluding hydrogens is 372 g/mol. The van der Waals surface area contributed by atoms with E-state index in [0.717, 1.165) is 18.9 Å². The molecule has 0 bridgehead atoms. The van der Waals surface area contributed by atoms with E-state index in [9.17, 15) is 18.5 Å². The van der Waals surface area contributed by atoms with E-state index >= 15 is 0 Å². The van der Waals surface area contributed by atoms with E-state index in [1.165, 1.54) is 35.7 Å². The van der Waals surface area contributed by atoms with Gasteiger partial charge in [0.1, 0.15) is 5.69 Å². The minimum Gasteiger partial charge on any atom is -0.379 e. The Kier molecular flexibility index (Phi) is 6.40. The summed E-state index contributed by atoms with van der Waals surface area (Å²) in [5.41, 5.74) is 2.56. The third-order valence-corrected chi connectivity index (χ3v) is 6.79. The third kappa shape index (κ3) is 4.82. The Morgan fingerprint density at radius 3 is 2.59 bits per heavy atom. The number of morpholine rings is 1. The number of nitrogens with one attached hydrogen (secondary N) is 1. The van der Waals surface area contributed by atoms with Crippen LogP contribution in [0.3, 0.4) is 0 Å². The Morgan fingerprint density at radius 1 is 1.22 bits per heavy atom. The van der Waals surface area contributed by atoms with Crippen molar-refractivity contribution in [1.82, 2.24) is 4.31 Å². The molecule has 1 aromatic rings. The number of nitrogens with zero attached hydrogens (tertiary/aromatic N) is 3. The number of ether oxygens (including phenoxy) is 1. The van der Waals surface area contributed by atoms with Crippen molar-refractivity contribution in [2.75, 3.05) is 31.7 Å². The highest BCUT2D eigenvalue weighted by molar-refractivity contribution is 7.89. The molecule has 1 saturated carbocycles. The first-order valence-corrected chi connectivity index (χ1v) is 10.6. The third-order valence-electron chi connectivity index (χ3n) is 4.89. The Bertz CT molecular complexity index is 800. The van der Waals surface area contributed by atoms with Crippen LogP contribution in [0.5, 0.6) is 0 Å². The zero-order valence-corrected chi connectivity index (χ0v) is 15.9. The van der Waals surface area contributed by atoms with Gasteiger partial charge in [0.15, 0.2) is 0 Å². The molecule has 9 nitrogen and oxygen atoms in total. The Morgan fingerprint density at radius 2 is 1.93 bits per heavy atom. The maximum absolute atomic E-state index is 12.7. The fourth-order valence-corrected chi connectivity index (χ4v) is 4.78. The quantitative estimate of drug-likeness (QED) is 0.449. The molecule has 0 aromatic heterocycles. The fourth-order valence-electron chi connectivity index (χ4n) is 3.35. The van der Waals surface area contributed by atoms with E-state index in [1.54, 1.807) is 6.21 Å². The Labute approximate surface area is 158 Å². The SMILES string of the molecule is O=[N+]([O-])c1cc(S(=O)(=O)N2CCOCC2)ccc1N/N=C\C1CCCCC1. The lowest BCUT2D eigenvalue weighted by atomic mass is 9.90. The van der Waals surface area contributed by atoms with Gasteiger partial charge >= 0.3 is 0 Å². The Hall–Kier alpha value is -2.04. The first-order valence-electron chi connectivity index (χ1n) is 9.14. The highest BCUT2D eigenvalue weighted by Gasteiger charge is 2.28. The molecule has 1 aliphatic carbocycles. The van der Waals surface area contributed by atoms with Gasteiger partial charge in [0.25, 0.3) is 5.69 Å². The van der Waals surface area contributed by atoms with Crippen LogP contribution in [-0.2, 0) is 14.8 Å². The summed E-state index contributed by atoms with van der Waals surface area (Å²) in [6.45, 7) is 1.11. The van der Waals surface area contributed by atoms with Crippen molar-refractivity contribution in [2.45, 2.75) is 37.0 Å². The van der Waals surface area contributed by atoms with Gasteiger partial charge in [0.05, 0.1) is 23.0 Å². The first kappa shape index (κ1) is 19.7. The van der Waals surface area contributed by atoms with E-state index < -0.39 is 14.9 Å². The lowest BCUT2D eigenvalue weighted by molar-refractivity contribution is -0.384. The molecule has 1 aliphatic heterocycles.